The minimum absolute atomic E-state index is 0.178. The Morgan fingerprint density at radius 3 is 2.88 bits per heavy atom. The highest BCUT2D eigenvalue weighted by atomic mass is 16.5. The molecule has 4 heteroatoms. The van der Waals surface area contributed by atoms with Crippen LogP contribution in [0, 0.1) is 0 Å². The van der Waals surface area contributed by atoms with Crippen LogP contribution in [0.25, 0.3) is 0 Å². The maximum absolute atomic E-state index is 5.11. The molecule has 1 aliphatic heterocycles. The molecule has 1 aromatic rings. The maximum atomic E-state index is 5.11. The Morgan fingerprint density at radius 1 is 1.44 bits per heavy atom. The average Bonchev–Trinajstić information content (AvgIpc) is 2.29. The van der Waals surface area contributed by atoms with Crippen LogP contribution in [-0.2, 0) is 0 Å². The summed E-state index contributed by atoms with van der Waals surface area (Å²) in [6.45, 7) is 4.41. The van der Waals surface area contributed by atoms with Crippen LogP contribution in [-0.4, -0.2) is 30.7 Å². The van der Waals surface area contributed by atoms with E-state index in [1.54, 1.807) is 13.3 Å². The molecule has 0 bridgehead atoms. The van der Waals surface area contributed by atoms with E-state index in [0.717, 1.165) is 31.6 Å². The Bertz CT molecular complexity index is 348. The van der Waals surface area contributed by atoms with Crippen molar-refractivity contribution in [2.45, 2.75) is 25.3 Å². The zero-order chi connectivity index (χ0) is 11.4. The van der Waals surface area contributed by atoms with Crippen molar-refractivity contribution < 1.29 is 4.74 Å². The monoisotopic (exact) mass is 221 g/mol. The first-order valence-electron chi connectivity index (χ1n) is 5.71. The summed E-state index contributed by atoms with van der Waals surface area (Å²) in [5.41, 5.74) is 1.26. The number of hydrogen-bond acceptors (Lipinski definition) is 4. The number of methoxy groups -OCH3 is 1. The highest BCUT2D eigenvalue weighted by molar-refractivity contribution is 5.47. The lowest BCUT2D eigenvalue weighted by Gasteiger charge is -2.36. The molecule has 0 radical (unpaired) electrons. The molecule has 1 aliphatic rings. The molecule has 0 saturated carbocycles. The van der Waals surface area contributed by atoms with Gasteiger partial charge in [-0.3, -0.25) is 0 Å². The summed E-state index contributed by atoms with van der Waals surface area (Å²) in [4.78, 5) is 4.10. The SMILES string of the molecule is COc1cc(NC2(C)CCNCC2)ccn1. The van der Waals surface area contributed by atoms with Gasteiger partial charge in [-0.15, -0.1) is 0 Å². The summed E-state index contributed by atoms with van der Waals surface area (Å²) < 4.78 is 5.11. The van der Waals surface area contributed by atoms with E-state index in [1.165, 1.54) is 0 Å². The predicted molar refractivity (Wildman–Crippen MR) is 64.9 cm³/mol. The summed E-state index contributed by atoms with van der Waals surface area (Å²) in [5.74, 6) is 0.655. The minimum atomic E-state index is 0.178. The summed E-state index contributed by atoms with van der Waals surface area (Å²) in [5, 5.41) is 6.94. The summed E-state index contributed by atoms with van der Waals surface area (Å²) in [6.07, 6.45) is 4.04. The van der Waals surface area contributed by atoms with Crippen molar-refractivity contribution in [2.24, 2.45) is 0 Å². The van der Waals surface area contributed by atoms with Crippen LogP contribution in [0.3, 0.4) is 0 Å². The second kappa shape index (κ2) is 4.70. The molecule has 16 heavy (non-hydrogen) atoms. The van der Waals surface area contributed by atoms with Gasteiger partial charge in [0.05, 0.1) is 7.11 Å². The largest absolute Gasteiger partial charge is 0.481 e. The second-order valence-corrected chi connectivity index (χ2v) is 4.52. The van der Waals surface area contributed by atoms with E-state index in [4.69, 9.17) is 4.74 Å². The van der Waals surface area contributed by atoms with Gasteiger partial charge < -0.3 is 15.4 Å². The van der Waals surface area contributed by atoms with Gasteiger partial charge >= 0.3 is 0 Å². The van der Waals surface area contributed by atoms with Gasteiger partial charge in [0.2, 0.25) is 5.88 Å². The third-order valence-electron chi connectivity index (χ3n) is 3.10. The Kier molecular flexibility index (Phi) is 3.29. The molecule has 0 aromatic carbocycles. The topological polar surface area (TPSA) is 46.2 Å². The lowest BCUT2D eigenvalue weighted by Crippen LogP contribution is -2.45. The van der Waals surface area contributed by atoms with Gasteiger partial charge in [-0.25, -0.2) is 4.98 Å². The van der Waals surface area contributed by atoms with Crippen LogP contribution in [0.15, 0.2) is 18.3 Å². The summed E-state index contributed by atoms with van der Waals surface area (Å²) >= 11 is 0. The highest BCUT2D eigenvalue weighted by Gasteiger charge is 2.26. The van der Waals surface area contributed by atoms with Gasteiger partial charge in [-0.05, 0) is 38.9 Å². The van der Waals surface area contributed by atoms with Gasteiger partial charge in [0, 0.05) is 23.5 Å². The molecule has 1 fully saturated rings. The fraction of sp³-hybridized carbons (Fsp3) is 0.583. The van der Waals surface area contributed by atoms with Crippen LogP contribution >= 0.6 is 0 Å². The van der Waals surface area contributed by atoms with E-state index < -0.39 is 0 Å². The highest BCUT2D eigenvalue weighted by Crippen LogP contribution is 2.24. The van der Waals surface area contributed by atoms with Crippen molar-refractivity contribution in [3.8, 4) is 5.88 Å². The molecule has 2 heterocycles. The molecule has 2 N–H and O–H groups in total. The van der Waals surface area contributed by atoms with E-state index in [0.29, 0.717) is 5.88 Å². The maximum Gasteiger partial charge on any atom is 0.214 e. The Morgan fingerprint density at radius 2 is 2.19 bits per heavy atom. The van der Waals surface area contributed by atoms with Gasteiger partial charge in [-0.2, -0.15) is 0 Å². The lowest BCUT2D eigenvalue weighted by atomic mass is 9.90. The molecule has 0 unspecified atom stereocenters. The molecular weight excluding hydrogens is 202 g/mol. The standard InChI is InChI=1S/C12H19N3O/c1-12(4-7-13-8-5-12)15-10-3-6-14-11(9-10)16-2/h3,6,9,13H,4-5,7-8H2,1-2H3,(H,14,15). The molecule has 88 valence electrons. The summed E-state index contributed by atoms with van der Waals surface area (Å²) in [6, 6.07) is 3.92. The molecule has 1 saturated heterocycles. The number of ether oxygens (including phenoxy) is 1. The Hall–Kier alpha value is -1.29. The molecule has 0 atom stereocenters. The smallest absolute Gasteiger partial charge is 0.214 e. The molecule has 0 aliphatic carbocycles. The minimum Gasteiger partial charge on any atom is -0.481 e. The first kappa shape index (κ1) is 11.2. The number of pyridine rings is 1. The number of rotatable bonds is 3. The van der Waals surface area contributed by atoms with Gasteiger partial charge in [0.1, 0.15) is 0 Å². The first-order valence-corrected chi connectivity index (χ1v) is 5.71. The van der Waals surface area contributed by atoms with E-state index >= 15 is 0 Å². The van der Waals surface area contributed by atoms with Crippen LogP contribution in [0.5, 0.6) is 5.88 Å². The van der Waals surface area contributed by atoms with Crippen molar-refractivity contribution in [1.82, 2.24) is 10.3 Å². The normalized spacial score (nSPS) is 19.1. The number of nitrogens with one attached hydrogen (secondary N) is 2. The average molecular weight is 221 g/mol. The lowest BCUT2D eigenvalue weighted by molar-refractivity contribution is 0.364. The van der Waals surface area contributed by atoms with E-state index in [-0.39, 0.29) is 5.54 Å². The first-order chi connectivity index (χ1) is 7.72. The zero-order valence-electron chi connectivity index (χ0n) is 9.92. The van der Waals surface area contributed by atoms with Crippen molar-refractivity contribution in [3.63, 3.8) is 0 Å². The molecule has 1 aromatic heterocycles. The van der Waals surface area contributed by atoms with Crippen LogP contribution < -0.4 is 15.4 Å². The van der Waals surface area contributed by atoms with E-state index in [2.05, 4.69) is 22.5 Å². The van der Waals surface area contributed by atoms with Gasteiger partial charge in [-0.1, -0.05) is 0 Å². The fourth-order valence-electron chi connectivity index (χ4n) is 2.05. The van der Waals surface area contributed by atoms with Gasteiger partial charge in [0.15, 0.2) is 0 Å². The van der Waals surface area contributed by atoms with Crippen molar-refractivity contribution >= 4 is 5.69 Å². The predicted octanol–water partition coefficient (Wildman–Crippen LogP) is 1.64. The quantitative estimate of drug-likeness (QED) is 0.814. The van der Waals surface area contributed by atoms with Crippen LogP contribution in [0.2, 0.25) is 0 Å². The number of piperidine rings is 1. The Balaban J connectivity index is 2.07. The number of nitrogens with zero attached hydrogens (tertiary/aromatic N) is 1. The van der Waals surface area contributed by atoms with E-state index in [1.807, 2.05) is 12.1 Å². The zero-order valence-corrected chi connectivity index (χ0v) is 9.92. The van der Waals surface area contributed by atoms with Crippen molar-refractivity contribution in [2.75, 3.05) is 25.5 Å². The fourth-order valence-corrected chi connectivity index (χ4v) is 2.05. The molecule has 0 amide bonds. The summed E-state index contributed by atoms with van der Waals surface area (Å²) in [7, 11) is 1.64. The van der Waals surface area contributed by atoms with Crippen molar-refractivity contribution in [1.29, 1.82) is 0 Å². The van der Waals surface area contributed by atoms with E-state index in [9.17, 15) is 0 Å². The van der Waals surface area contributed by atoms with Crippen molar-refractivity contribution in [3.05, 3.63) is 18.3 Å². The second-order valence-electron chi connectivity index (χ2n) is 4.52. The molecule has 4 nitrogen and oxygen atoms in total. The molecular formula is C12H19N3O. The van der Waals surface area contributed by atoms with Crippen LogP contribution in [0.4, 0.5) is 5.69 Å². The third kappa shape index (κ3) is 2.64. The number of anilines is 1. The number of hydrogen-bond donors (Lipinski definition) is 2. The Labute approximate surface area is 96.4 Å². The van der Waals surface area contributed by atoms with Gasteiger partial charge in [0.25, 0.3) is 0 Å². The van der Waals surface area contributed by atoms with Crippen LogP contribution in [0.1, 0.15) is 19.8 Å². The molecule has 0 spiro atoms. The molecule has 2 rings (SSSR count). The third-order valence-corrected chi connectivity index (χ3v) is 3.10. The number of aromatic nitrogens is 1.